The van der Waals surface area contributed by atoms with E-state index in [1.807, 2.05) is 0 Å². The molecule has 120 valence electrons. The van der Waals surface area contributed by atoms with E-state index in [0.717, 1.165) is 26.2 Å². The minimum absolute atomic E-state index is 0.193. The lowest BCUT2D eigenvalue weighted by Gasteiger charge is -2.41. The fourth-order valence-electron chi connectivity index (χ4n) is 2.97. The Kier molecular flexibility index (Phi) is 6.75. The molecule has 0 saturated heterocycles. The molecule has 0 bridgehead atoms. The van der Waals surface area contributed by atoms with E-state index >= 15 is 0 Å². The molecule has 0 amide bonds. The van der Waals surface area contributed by atoms with E-state index in [-0.39, 0.29) is 18.4 Å². The fraction of sp³-hybridized carbons (Fsp3) is 1.00. The summed E-state index contributed by atoms with van der Waals surface area (Å²) >= 11 is 0. The van der Waals surface area contributed by atoms with Crippen LogP contribution < -0.4 is 11.1 Å². The number of alkyl halides is 3. The maximum absolute atomic E-state index is 12.7. The van der Waals surface area contributed by atoms with Crippen LogP contribution in [0.5, 0.6) is 0 Å². The largest absolute Gasteiger partial charge is 0.391 e. The predicted molar refractivity (Wildman–Crippen MR) is 75.6 cm³/mol. The second-order valence-electron chi connectivity index (χ2n) is 5.75. The lowest BCUT2D eigenvalue weighted by Crippen LogP contribution is -2.55. The average molecular weight is 295 g/mol. The number of nitrogens with one attached hydrogen (secondary N) is 1. The van der Waals surface area contributed by atoms with E-state index < -0.39 is 12.1 Å². The highest BCUT2D eigenvalue weighted by Crippen LogP contribution is 2.40. The molecule has 0 spiro atoms. The van der Waals surface area contributed by atoms with Crippen LogP contribution in [0.2, 0.25) is 0 Å². The molecule has 0 aromatic heterocycles. The lowest BCUT2D eigenvalue weighted by molar-refractivity contribution is -0.185. The van der Waals surface area contributed by atoms with E-state index in [9.17, 15) is 13.2 Å². The Hall–Kier alpha value is -0.330. The monoisotopic (exact) mass is 295 g/mol. The number of nitrogens with zero attached hydrogens (tertiary/aromatic N) is 1. The third-order valence-corrected chi connectivity index (χ3v) is 4.62. The molecule has 1 saturated carbocycles. The van der Waals surface area contributed by atoms with Crippen molar-refractivity contribution in [3.05, 3.63) is 0 Å². The van der Waals surface area contributed by atoms with Gasteiger partial charge >= 0.3 is 6.18 Å². The van der Waals surface area contributed by atoms with Crippen LogP contribution in [0.1, 0.15) is 39.5 Å². The Labute approximate surface area is 120 Å². The van der Waals surface area contributed by atoms with Crippen molar-refractivity contribution in [1.82, 2.24) is 10.2 Å². The van der Waals surface area contributed by atoms with Gasteiger partial charge in [-0.3, -0.25) is 0 Å². The van der Waals surface area contributed by atoms with Crippen molar-refractivity contribution >= 4 is 0 Å². The number of rotatable bonds is 7. The lowest BCUT2D eigenvalue weighted by atomic mass is 9.76. The van der Waals surface area contributed by atoms with Gasteiger partial charge < -0.3 is 16.0 Å². The molecule has 0 unspecified atom stereocenters. The minimum atomic E-state index is -4.05. The molecule has 1 aliphatic carbocycles. The van der Waals surface area contributed by atoms with Gasteiger partial charge in [0.25, 0.3) is 0 Å². The van der Waals surface area contributed by atoms with Crippen molar-refractivity contribution in [3.63, 3.8) is 0 Å². The molecular weight excluding hydrogens is 267 g/mol. The van der Waals surface area contributed by atoms with Gasteiger partial charge in [0.05, 0.1) is 5.92 Å². The Morgan fingerprint density at radius 1 is 1.20 bits per heavy atom. The van der Waals surface area contributed by atoms with Crippen LogP contribution in [0.15, 0.2) is 0 Å². The van der Waals surface area contributed by atoms with Crippen LogP contribution in [-0.2, 0) is 0 Å². The standard InChI is InChI=1S/C14H28F3N3/c1-3-20(4-2)10-9-19-13(11-18)7-5-12(6-8-13)14(15,16)17/h12,19H,3-11,18H2,1-2H3. The van der Waals surface area contributed by atoms with E-state index in [4.69, 9.17) is 5.73 Å². The molecule has 0 aromatic carbocycles. The quantitative estimate of drug-likeness (QED) is 0.757. The summed E-state index contributed by atoms with van der Waals surface area (Å²) in [6, 6.07) is 0. The molecule has 0 heterocycles. The zero-order valence-corrected chi connectivity index (χ0v) is 12.6. The first-order chi connectivity index (χ1) is 9.37. The Morgan fingerprint density at radius 3 is 2.15 bits per heavy atom. The molecule has 3 N–H and O–H groups in total. The van der Waals surface area contributed by atoms with Crippen LogP contribution in [0.4, 0.5) is 13.2 Å². The van der Waals surface area contributed by atoms with Crippen LogP contribution in [0.3, 0.4) is 0 Å². The van der Waals surface area contributed by atoms with Gasteiger partial charge in [-0.1, -0.05) is 13.8 Å². The van der Waals surface area contributed by atoms with Crippen LogP contribution in [0.25, 0.3) is 0 Å². The molecule has 1 aliphatic rings. The smallest absolute Gasteiger partial charge is 0.329 e. The van der Waals surface area contributed by atoms with Crippen LogP contribution >= 0.6 is 0 Å². The first-order valence-corrected chi connectivity index (χ1v) is 7.61. The van der Waals surface area contributed by atoms with Crippen molar-refractivity contribution in [2.24, 2.45) is 11.7 Å². The Morgan fingerprint density at radius 2 is 1.75 bits per heavy atom. The average Bonchev–Trinajstić information content (AvgIpc) is 2.43. The molecule has 3 nitrogen and oxygen atoms in total. The summed E-state index contributed by atoms with van der Waals surface area (Å²) in [6.07, 6.45) is -2.63. The molecule has 1 fully saturated rings. The Bertz CT molecular complexity index is 269. The fourth-order valence-corrected chi connectivity index (χ4v) is 2.97. The highest BCUT2D eigenvalue weighted by molar-refractivity contribution is 4.95. The number of hydrogen-bond acceptors (Lipinski definition) is 3. The second kappa shape index (κ2) is 7.61. The zero-order valence-electron chi connectivity index (χ0n) is 12.6. The normalized spacial score (nSPS) is 28.1. The van der Waals surface area contributed by atoms with Gasteiger partial charge in [0.1, 0.15) is 0 Å². The molecule has 0 atom stereocenters. The van der Waals surface area contributed by atoms with E-state index in [1.54, 1.807) is 0 Å². The van der Waals surface area contributed by atoms with Gasteiger partial charge in [-0.2, -0.15) is 13.2 Å². The maximum atomic E-state index is 12.7. The molecular formula is C14H28F3N3. The van der Waals surface area contributed by atoms with Crippen LogP contribution in [-0.4, -0.2) is 49.3 Å². The van der Waals surface area contributed by atoms with E-state index in [0.29, 0.717) is 19.4 Å². The molecule has 0 radical (unpaired) electrons. The summed E-state index contributed by atoms with van der Waals surface area (Å²) in [6.45, 7) is 8.31. The molecule has 0 aromatic rings. The summed E-state index contributed by atoms with van der Waals surface area (Å²) in [5.74, 6) is -1.15. The van der Waals surface area contributed by atoms with Crippen molar-refractivity contribution in [2.45, 2.75) is 51.2 Å². The SMILES string of the molecule is CCN(CC)CCNC1(CN)CCC(C(F)(F)F)CC1. The minimum Gasteiger partial charge on any atom is -0.329 e. The van der Waals surface area contributed by atoms with Crippen LogP contribution in [0, 0.1) is 5.92 Å². The van der Waals surface area contributed by atoms with Crippen molar-refractivity contribution in [3.8, 4) is 0 Å². The topological polar surface area (TPSA) is 41.3 Å². The highest BCUT2D eigenvalue weighted by Gasteiger charge is 2.45. The van der Waals surface area contributed by atoms with Gasteiger partial charge in [0, 0.05) is 25.2 Å². The first-order valence-electron chi connectivity index (χ1n) is 7.61. The number of halogens is 3. The summed E-state index contributed by atoms with van der Waals surface area (Å²) < 4.78 is 38.1. The van der Waals surface area contributed by atoms with Gasteiger partial charge in [-0.05, 0) is 38.8 Å². The summed E-state index contributed by atoms with van der Waals surface area (Å²) in [4.78, 5) is 2.29. The van der Waals surface area contributed by atoms with Crippen molar-refractivity contribution in [2.75, 3.05) is 32.7 Å². The molecule has 1 rings (SSSR count). The summed E-state index contributed by atoms with van der Waals surface area (Å²) in [7, 11) is 0. The van der Waals surface area contributed by atoms with Gasteiger partial charge in [0.2, 0.25) is 0 Å². The maximum Gasteiger partial charge on any atom is 0.391 e. The van der Waals surface area contributed by atoms with Gasteiger partial charge in [-0.15, -0.1) is 0 Å². The van der Waals surface area contributed by atoms with Crippen molar-refractivity contribution < 1.29 is 13.2 Å². The molecule has 20 heavy (non-hydrogen) atoms. The van der Waals surface area contributed by atoms with E-state index in [2.05, 4.69) is 24.1 Å². The first kappa shape index (κ1) is 17.7. The summed E-state index contributed by atoms with van der Waals surface area (Å²) in [5, 5.41) is 3.42. The summed E-state index contributed by atoms with van der Waals surface area (Å²) in [5.41, 5.74) is 5.52. The number of likely N-dealkylation sites (N-methyl/N-ethyl adjacent to an activating group) is 1. The van der Waals surface area contributed by atoms with Gasteiger partial charge in [-0.25, -0.2) is 0 Å². The molecule has 0 aliphatic heterocycles. The zero-order chi connectivity index (χ0) is 15.2. The van der Waals surface area contributed by atoms with Crippen molar-refractivity contribution in [1.29, 1.82) is 0 Å². The van der Waals surface area contributed by atoms with Gasteiger partial charge in [0.15, 0.2) is 0 Å². The predicted octanol–water partition coefficient (Wildman–Crippen LogP) is 2.37. The number of hydrogen-bond donors (Lipinski definition) is 2. The number of nitrogens with two attached hydrogens (primary N) is 1. The Balaban J connectivity index is 2.42. The highest BCUT2D eigenvalue weighted by atomic mass is 19.4. The molecule has 6 heteroatoms. The third kappa shape index (κ3) is 4.90. The third-order valence-electron chi connectivity index (χ3n) is 4.62. The second-order valence-corrected chi connectivity index (χ2v) is 5.75. The van der Waals surface area contributed by atoms with E-state index in [1.165, 1.54) is 0 Å².